The fourth-order valence-electron chi connectivity index (χ4n) is 2.35. The van der Waals surface area contributed by atoms with Gasteiger partial charge in [0.05, 0.1) is 6.10 Å². The summed E-state index contributed by atoms with van der Waals surface area (Å²) in [5.74, 6) is -0.0246. The van der Waals surface area contributed by atoms with E-state index in [1.165, 1.54) is 28.0 Å². The largest absolute Gasteiger partial charge is 0.387 e. The van der Waals surface area contributed by atoms with Crippen molar-refractivity contribution in [3.8, 4) is 0 Å². The fraction of sp³-hybridized carbons (Fsp3) is 0.353. The molecule has 1 aromatic carbocycles. The maximum Gasteiger partial charge on any atom is 0.220 e. The van der Waals surface area contributed by atoms with E-state index in [9.17, 15) is 9.90 Å². The van der Waals surface area contributed by atoms with Gasteiger partial charge < -0.3 is 10.4 Å². The fourth-order valence-corrected chi connectivity index (χ4v) is 3.06. The van der Waals surface area contributed by atoms with Crippen LogP contribution in [0.25, 0.3) is 0 Å². The van der Waals surface area contributed by atoms with Crippen molar-refractivity contribution in [3.05, 3.63) is 57.3 Å². The zero-order valence-corrected chi connectivity index (χ0v) is 13.2. The van der Waals surface area contributed by atoms with E-state index in [0.717, 1.165) is 12.0 Å². The molecule has 2 aromatic rings. The minimum atomic E-state index is -0.624. The topological polar surface area (TPSA) is 49.3 Å². The second-order valence-corrected chi connectivity index (χ2v) is 6.15. The Morgan fingerprint density at radius 2 is 2.00 bits per heavy atom. The lowest BCUT2D eigenvalue weighted by Gasteiger charge is -2.11. The van der Waals surface area contributed by atoms with E-state index in [4.69, 9.17) is 0 Å². The number of hydrogen-bond acceptors (Lipinski definition) is 3. The molecule has 2 N–H and O–H groups in total. The van der Waals surface area contributed by atoms with Crippen molar-refractivity contribution in [1.82, 2.24) is 5.32 Å². The Morgan fingerprint density at radius 1 is 1.29 bits per heavy atom. The monoisotopic (exact) mass is 303 g/mol. The zero-order valence-electron chi connectivity index (χ0n) is 12.4. The Labute approximate surface area is 129 Å². The first-order valence-corrected chi connectivity index (χ1v) is 8.03. The number of carbonyl (C=O) groups is 1. The number of aliphatic hydroxyl groups is 1. The summed E-state index contributed by atoms with van der Waals surface area (Å²) in [4.78, 5) is 11.8. The summed E-state index contributed by atoms with van der Waals surface area (Å²) in [5, 5.41) is 16.5. The van der Waals surface area contributed by atoms with Gasteiger partial charge in [-0.1, -0.05) is 29.3 Å². The van der Waals surface area contributed by atoms with E-state index in [2.05, 4.69) is 37.4 Å². The number of rotatable bonds is 6. The molecule has 21 heavy (non-hydrogen) atoms. The SMILES string of the molecule is Cc1cc(C)cc(CCC(=O)NCC(O)c2ccsc2)c1. The molecule has 1 heterocycles. The second-order valence-electron chi connectivity index (χ2n) is 5.37. The van der Waals surface area contributed by atoms with E-state index in [0.29, 0.717) is 6.42 Å². The molecule has 4 heteroatoms. The van der Waals surface area contributed by atoms with Crippen LogP contribution in [0, 0.1) is 13.8 Å². The Balaban J connectivity index is 1.77. The van der Waals surface area contributed by atoms with Crippen LogP contribution in [0.4, 0.5) is 0 Å². The highest BCUT2D eigenvalue weighted by Gasteiger charge is 2.10. The van der Waals surface area contributed by atoms with Crippen LogP contribution in [-0.2, 0) is 11.2 Å². The molecule has 0 radical (unpaired) electrons. The van der Waals surface area contributed by atoms with Gasteiger partial charge in [-0.3, -0.25) is 4.79 Å². The molecule has 0 bridgehead atoms. The molecule has 2 rings (SSSR count). The molecule has 0 aliphatic heterocycles. The minimum Gasteiger partial charge on any atom is -0.387 e. The Kier molecular flexibility index (Phi) is 5.53. The molecular formula is C17H21NO2S. The van der Waals surface area contributed by atoms with Crippen LogP contribution in [0.5, 0.6) is 0 Å². The second kappa shape index (κ2) is 7.38. The molecule has 1 atom stereocenters. The number of thiophene rings is 1. The normalized spacial score (nSPS) is 12.1. The summed E-state index contributed by atoms with van der Waals surface area (Å²) in [7, 11) is 0. The number of nitrogens with one attached hydrogen (secondary N) is 1. The summed E-state index contributed by atoms with van der Waals surface area (Å²) >= 11 is 1.54. The van der Waals surface area contributed by atoms with Crippen LogP contribution in [0.3, 0.4) is 0 Å². The summed E-state index contributed by atoms with van der Waals surface area (Å²) < 4.78 is 0. The minimum absolute atomic E-state index is 0.0246. The Hall–Kier alpha value is -1.65. The smallest absolute Gasteiger partial charge is 0.220 e. The number of benzene rings is 1. The lowest BCUT2D eigenvalue weighted by Crippen LogP contribution is -2.28. The van der Waals surface area contributed by atoms with Gasteiger partial charge in [-0.15, -0.1) is 0 Å². The van der Waals surface area contributed by atoms with Crippen molar-refractivity contribution in [1.29, 1.82) is 0 Å². The number of aliphatic hydroxyl groups excluding tert-OH is 1. The molecule has 1 amide bonds. The lowest BCUT2D eigenvalue weighted by atomic mass is 10.0. The number of aryl methyl sites for hydroxylation is 3. The lowest BCUT2D eigenvalue weighted by molar-refractivity contribution is -0.121. The summed E-state index contributed by atoms with van der Waals surface area (Å²) in [6, 6.07) is 8.22. The number of carbonyl (C=O) groups excluding carboxylic acids is 1. The number of hydrogen-bond donors (Lipinski definition) is 2. The first-order chi connectivity index (χ1) is 10.0. The van der Waals surface area contributed by atoms with Crippen LogP contribution < -0.4 is 5.32 Å². The van der Waals surface area contributed by atoms with Crippen molar-refractivity contribution >= 4 is 17.2 Å². The van der Waals surface area contributed by atoms with Gasteiger partial charge in [-0.2, -0.15) is 11.3 Å². The maximum atomic E-state index is 11.8. The van der Waals surface area contributed by atoms with E-state index in [1.54, 1.807) is 0 Å². The highest BCUT2D eigenvalue weighted by atomic mass is 32.1. The third-order valence-corrected chi connectivity index (χ3v) is 4.04. The van der Waals surface area contributed by atoms with E-state index in [1.807, 2.05) is 16.8 Å². The highest BCUT2D eigenvalue weighted by molar-refractivity contribution is 7.07. The van der Waals surface area contributed by atoms with E-state index < -0.39 is 6.10 Å². The van der Waals surface area contributed by atoms with Crippen molar-refractivity contribution in [2.24, 2.45) is 0 Å². The summed E-state index contributed by atoms with van der Waals surface area (Å²) in [6.07, 6.45) is 0.545. The summed E-state index contributed by atoms with van der Waals surface area (Å²) in [5.41, 5.74) is 4.48. The molecular weight excluding hydrogens is 282 g/mol. The third kappa shape index (κ3) is 4.99. The van der Waals surface area contributed by atoms with Crippen molar-refractivity contribution < 1.29 is 9.90 Å². The van der Waals surface area contributed by atoms with Gasteiger partial charge in [0.1, 0.15) is 0 Å². The van der Waals surface area contributed by atoms with Gasteiger partial charge in [0.2, 0.25) is 5.91 Å². The predicted molar refractivity (Wildman–Crippen MR) is 86.5 cm³/mol. The predicted octanol–water partition coefficient (Wildman–Crippen LogP) is 3.15. The van der Waals surface area contributed by atoms with Crippen LogP contribution >= 0.6 is 11.3 Å². The molecule has 0 saturated carbocycles. The average Bonchev–Trinajstić information content (AvgIpc) is 2.95. The van der Waals surface area contributed by atoms with Crippen molar-refractivity contribution in [2.45, 2.75) is 32.8 Å². The Bertz CT molecular complexity index is 573. The third-order valence-electron chi connectivity index (χ3n) is 3.34. The standard InChI is InChI=1S/C17H21NO2S/c1-12-7-13(2)9-14(8-12)3-4-17(20)18-10-16(19)15-5-6-21-11-15/h5-9,11,16,19H,3-4,10H2,1-2H3,(H,18,20). The highest BCUT2D eigenvalue weighted by Crippen LogP contribution is 2.15. The molecule has 112 valence electrons. The van der Waals surface area contributed by atoms with Gasteiger partial charge >= 0.3 is 0 Å². The number of amides is 1. The first kappa shape index (κ1) is 15.7. The first-order valence-electron chi connectivity index (χ1n) is 7.08. The van der Waals surface area contributed by atoms with E-state index in [-0.39, 0.29) is 12.5 Å². The molecule has 0 spiro atoms. The molecule has 0 aliphatic rings. The van der Waals surface area contributed by atoms with Crippen LogP contribution in [0.2, 0.25) is 0 Å². The molecule has 1 aromatic heterocycles. The molecule has 1 unspecified atom stereocenters. The quantitative estimate of drug-likeness (QED) is 0.861. The maximum absolute atomic E-state index is 11.8. The van der Waals surface area contributed by atoms with Gasteiger partial charge in [0, 0.05) is 13.0 Å². The molecule has 0 fully saturated rings. The Morgan fingerprint density at radius 3 is 2.62 bits per heavy atom. The van der Waals surface area contributed by atoms with Crippen LogP contribution in [0.1, 0.15) is 34.8 Å². The zero-order chi connectivity index (χ0) is 15.2. The molecule has 0 saturated heterocycles. The van der Waals surface area contributed by atoms with Gasteiger partial charge in [0.15, 0.2) is 0 Å². The van der Waals surface area contributed by atoms with Gasteiger partial charge in [-0.05, 0) is 48.2 Å². The van der Waals surface area contributed by atoms with E-state index >= 15 is 0 Å². The van der Waals surface area contributed by atoms with Gasteiger partial charge in [0.25, 0.3) is 0 Å². The van der Waals surface area contributed by atoms with Gasteiger partial charge in [-0.25, -0.2) is 0 Å². The van der Waals surface area contributed by atoms with Crippen molar-refractivity contribution in [2.75, 3.05) is 6.54 Å². The average molecular weight is 303 g/mol. The van der Waals surface area contributed by atoms with Crippen LogP contribution in [0.15, 0.2) is 35.0 Å². The molecule has 0 aliphatic carbocycles. The van der Waals surface area contributed by atoms with Crippen molar-refractivity contribution in [3.63, 3.8) is 0 Å². The van der Waals surface area contributed by atoms with Crippen LogP contribution in [-0.4, -0.2) is 17.6 Å². The summed E-state index contributed by atoms with van der Waals surface area (Å²) in [6.45, 7) is 4.39. The molecule has 3 nitrogen and oxygen atoms in total.